The molecule has 1 atom stereocenters. The summed E-state index contributed by atoms with van der Waals surface area (Å²) in [7, 11) is 2.15. The Morgan fingerprint density at radius 2 is 1.78 bits per heavy atom. The van der Waals surface area contributed by atoms with Crippen LogP contribution in [0.2, 0.25) is 0 Å². The predicted octanol–water partition coefficient (Wildman–Crippen LogP) is 3.39. The van der Waals surface area contributed by atoms with Crippen LogP contribution >= 0.6 is 0 Å². The lowest BCUT2D eigenvalue weighted by Crippen LogP contribution is -2.35. The van der Waals surface area contributed by atoms with Crippen molar-refractivity contribution in [3.8, 4) is 0 Å². The highest BCUT2D eigenvalue weighted by Gasteiger charge is 2.27. The number of hydrogen-bond acceptors (Lipinski definition) is 5. The molecule has 6 heteroatoms. The lowest BCUT2D eigenvalue weighted by atomic mass is 9.97. The normalized spacial score (nSPS) is 22.4. The Hall–Kier alpha value is -1.66. The Bertz CT molecular complexity index is 739. The molecule has 0 N–H and O–H groups in total. The summed E-state index contributed by atoms with van der Waals surface area (Å²) >= 11 is 0. The molecule has 6 nitrogen and oxygen atoms in total. The molecule has 0 aromatic carbocycles. The standard InChI is InChI=1S/C21H33N5O/c1-16-12-19(27-17(16)2)14-26-11-7-8-18(13-26)21-23-22-20(24(21)3)15-25-9-5-4-6-10-25/h12,18H,4-11,13-15H2,1-3H3. The molecule has 0 spiro atoms. The first kappa shape index (κ1) is 18.7. The van der Waals surface area contributed by atoms with Crippen LogP contribution in [0.1, 0.15) is 66.8 Å². The van der Waals surface area contributed by atoms with Gasteiger partial charge in [-0.15, -0.1) is 10.2 Å². The summed E-state index contributed by atoms with van der Waals surface area (Å²) in [5.41, 5.74) is 1.24. The quantitative estimate of drug-likeness (QED) is 0.806. The number of nitrogens with zero attached hydrogens (tertiary/aromatic N) is 5. The van der Waals surface area contributed by atoms with Crippen molar-refractivity contribution >= 4 is 0 Å². The van der Waals surface area contributed by atoms with Crippen molar-refractivity contribution in [2.45, 2.75) is 65.0 Å². The van der Waals surface area contributed by atoms with E-state index in [9.17, 15) is 0 Å². The smallest absolute Gasteiger partial charge is 0.146 e. The van der Waals surface area contributed by atoms with Crippen LogP contribution in [-0.2, 0) is 20.1 Å². The predicted molar refractivity (Wildman–Crippen MR) is 106 cm³/mol. The van der Waals surface area contributed by atoms with Crippen LogP contribution in [-0.4, -0.2) is 50.7 Å². The Morgan fingerprint density at radius 1 is 1.00 bits per heavy atom. The van der Waals surface area contributed by atoms with E-state index in [0.29, 0.717) is 5.92 Å². The first-order chi connectivity index (χ1) is 13.1. The van der Waals surface area contributed by atoms with Crippen molar-refractivity contribution in [1.29, 1.82) is 0 Å². The van der Waals surface area contributed by atoms with Crippen LogP contribution in [0.15, 0.2) is 10.5 Å². The van der Waals surface area contributed by atoms with E-state index in [1.807, 2.05) is 6.92 Å². The Kier molecular flexibility index (Phi) is 5.64. The Balaban J connectivity index is 1.40. The monoisotopic (exact) mass is 371 g/mol. The average molecular weight is 372 g/mol. The minimum absolute atomic E-state index is 0.462. The van der Waals surface area contributed by atoms with Crippen LogP contribution < -0.4 is 0 Å². The van der Waals surface area contributed by atoms with Crippen molar-refractivity contribution in [3.63, 3.8) is 0 Å². The highest BCUT2D eigenvalue weighted by atomic mass is 16.3. The van der Waals surface area contributed by atoms with Crippen LogP contribution in [0.5, 0.6) is 0 Å². The minimum Gasteiger partial charge on any atom is -0.465 e. The van der Waals surface area contributed by atoms with Crippen molar-refractivity contribution in [2.24, 2.45) is 7.05 Å². The minimum atomic E-state index is 0.462. The highest BCUT2D eigenvalue weighted by molar-refractivity contribution is 5.18. The second-order valence-electron chi connectivity index (χ2n) is 8.40. The third-order valence-electron chi connectivity index (χ3n) is 6.28. The summed E-state index contributed by atoms with van der Waals surface area (Å²) in [6.07, 6.45) is 6.40. The van der Waals surface area contributed by atoms with Crippen LogP contribution in [0.25, 0.3) is 0 Å². The zero-order chi connectivity index (χ0) is 18.8. The van der Waals surface area contributed by atoms with E-state index < -0.39 is 0 Å². The summed E-state index contributed by atoms with van der Waals surface area (Å²) in [5, 5.41) is 9.14. The number of aryl methyl sites for hydroxylation is 2. The van der Waals surface area contributed by atoms with Gasteiger partial charge in [0.05, 0.1) is 13.1 Å². The maximum atomic E-state index is 5.89. The number of rotatable bonds is 5. The summed E-state index contributed by atoms with van der Waals surface area (Å²) in [6, 6.07) is 2.18. The molecule has 27 heavy (non-hydrogen) atoms. The number of aromatic nitrogens is 3. The SMILES string of the molecule is Cc1cc(CN2CCCC(c3nnc(CN4CCCCC4)n3C)C2)oc1C. The number of likely N-dealkylation sites (tertiary alicyclic amines) is 2. The molecule has 2 aromatic heterocycles. The molecule has 0 amide bonds. The Labute approximate surface area is 162 Å². The van der Waals surface area contributed by atoms with Crippen LogP contribution in [0, 0.1) is 13.8 Å². The van der Waals surface area contributed by atoms with E-state index in [1.165, 1.54) is 50.8 Å². The van der Waals surface area contributed by atoms with Gasteiger partial charge in [0, 0.05) is 19.5 Å². The maximum Gasteiger partial charge on any atom is 0.146 e. The number of hydrogen-bond donors (Lipinski definition) is 0. The first-order valence-corrected chi connectivity index (χ1v) is 10.5. The van der Waals surface area contributed by atoms with Gasteiger partial charge in [0.25, 0.3) is 0 Å². The van der Waals surface area contributed by atoms with Gasteiger partial charge >= 0.3 is 0 Å². The summed E-state index contributed by atoms with van der Waals surface area (Å²) in [4.78, 5) is 5.02. The van der Waals surface area contributed by atoms with E-state index in [4.69, 9.17) is 4.42 Å². The van der Waals surface area contributed by atoms with Gasteiger partial charge in [0.1, 0.15) is 23.2 Å². The lowest BCUT2D eigenvalue weighted by molar-refractivity contribution is 0.181. The van der Waals surface area contributed by atoms with E-state index >= 15 is 0 Å². The molecule has 148 valence electrons. The van der Waals surface area contributed by atoms with Crippen molar-refractivity contribution in [1.82, 2.24) is 24.6 Å². The van der Waals surface area contributed by atoms with E-state index in [2.05, 4.69) is 44.6 Å². The molecule has 2 saturated heterocycles. The molecule has 1 unspecified atom stereocenters. The second kappa shape index (κ2) is 8.15. The fourth-order valence-corrected chi connectivity index (χ4v) is 4.54. The van der Waals surface area contributed by atoms with E-state index in [0.717, 1.165) is 49.3 Å². The molecule has 2 aliphatic heterocycles. The molecule has 2 fully saturated rings. The summed E-state index contributed by atoms with van der Waals surface area (Å²) in [5.74, 6) is 4.84. The van der Waals surface area contributed by atoms with Crippen LogP contribution in [0.4, 0.5) is 0 Å². The molecular weight excluding hydrogens is 338 g/mol. The molecule has 0 radical (unpaired) electrons. The van der Waals surface area contributed by atoms with Gasteiger partial charge < -0.3 is 8.98 Å². The zero-order valence-corrected chi connectivity index (χ0v) is 17.1. The molecule has 0 aliphatic carbocycles. The Morgan fingerprint density at radius 3 is 2.52 bits per heavy atom. The molecule has 4 rings (SSSR count). The summed E-state index contributed by atoms with van der Waals surface area (Å²) < 4.78 is 8.14. The molecule has 0 saturated carbocycles. The fourth-order valence-electron chi connectivity index (χ4n) is 4.54. The molecule has 4 heterocycles. The second-order valence-corrected chi connectivity index (χ2v) is 8.40. The van der Waals surface area contributed by atoms with E-state index in [-0.39, 0.29) is 0 Å². The van der Waals surface area contributed by atoms with Crippen LogP contribution in [0.3, 0.4) is 0 Å². The molecule has 2 aromatic rings. The molecule has 0 bridgehead atoms. The third kappa shape index (κ3) is 4.27. The van der Waals surface area contributed by atoms with Gasteiger partial charge in [0.15, 0.2) is 0 Å². The zero-order valence-electron chi connectivity index (χ0n) is 17.1. The van der Waals surface area contributed by atoms with Crippen molar-refractivity contribution < 1.29 is 4.42 Å². The maximum absolute atomic E-state index is 5.89. The number of furan rings is 1. The summed E-state index contributed by atoms with van der Waals surface area (Å²) in [6.45, 7) is 10.5. The van der Waals surface area contributed by atoms with Gasteiger partial charge in [-0.05, 0) is 70.8 Å². The molecule has 2 aliphatic rings. The fraction of sp³-hybridized carbons (Fsp3) is 0.714. The first-order valence-electron chi connectivity index (χ1n) is 10.5. The van der Waals surface area contributed by atoms with Gasteiger partial charge in [-0.3, -0.25) is 9.80 Å². The largest absolute Gasteiger partial charge is 0.465 e. The van der Waals surface area contributed by atoms with Gasteiger partial charge in [-0.2, -0.15) is 0 Å². The lowest BCUT2D eigenvalue weighted by Gasteiger charge is -2.31. The third-order valence-corrected chi connectivity index (χ3v) is 6.28. The van der Waals surface area contributed by atoms with Gasteiger partial charge in [-0.1, -0.05) is 6.42 Å². The topological polar surface area (TPSA) is 50.3 Å². The molecular formula is C21H33N5O. The average Bonchev–Trinajstić information content (AvgIpc) is 3.18. The van der Waals surface area contributed by atoms with Gasteiger partial charge in [0.2, 0.25) is 0 Å². The highest BCUT2D eigenvalue weighted by Crippen LogP contribution is 2.27. The number of piperidine rings is 2. The van der Waals surface area contributed by atoms with Crippen molar-refractivity contribution in [3.05, 3.63) is 34.8 Å². The van der Waals surface area contributed by atoms with Gasteiger partial charge in [-0.25, -0.2) is 0 Å². The van der Waals surface area contributed by atoms with E-state index in [1.54, 1.807) is 0 Å². The van der Waals surface area contributed by atoms with Crippen molar-refractivity contribution in [2.75, 3.05) is 26.2 Å².